The lowest BCUT2D eigenvalue weighted by Crippen LogP contribution is -2.05. The maximum Gasteiger partial charge on any atom is 0.0661 e. The Bertz CT molecular complexity index is 71.1. The zero-order valence-corrected chi connectivity index (χ0v) is 8.33. The Kier molecular flexibility index (Phi) is 3.73. The van der Waals surface area contributed by atoms with Crippen LogP contribution in [0.2, 0.25) is 0 Å². The number of hydrogen-bond donors (Lipinski definition) is 0. The number of hydrogen-bond acceptors (Lipinski definition) is 0. The van der Waals surface area contributed by atoms with Crippen LogP contribution in [0, 0.1) is 0 Å². The lowest BCUT2D eigenvalue weighted by molar-refractivity contribution is 0.775. The Balaban J connectivity index is 3.59. The quantitative estimate of drug-likeness (QED) is 0.538. The van der Waals surface area contributed by atoms with Crippen molar-refractivity contribution in [2.45, 2.75) is 32.3 Å². The smallest absolute Gasteiger partial charge is 0.0652 e. The molecule has 0 heterocycles. The Morgan fingerprint density at radius 3 is 1.78 bits per heavy atom. The standard InChI is InChI=1S/C8H20P/c1-6-7-8(2)9(3,4)5/h8H,6-7H2,1-5H3/q+1. The zero-order valence-electron chi connectivity index (χ0n) is 7.44. The molecule has 0 fully saturated rings. The molecule has 0 aromatic heterocycles. The van der Waals surface area contributed by atoms with Gasteiger partial charge in [0.05, 0.1) is 5.66 Å². The predicted octanol–water partition coefficient (Wildman–Crippen LogP) is 3.08. The predicted molar refractivity (Wildman–Crippen MR) is 49.1 cm³/mol. The molecule has 0 aliphatic rings. The molecule has 1 heteroatoms. The molecule has 0 saturated carbocycles. The first kappa shape index (κ1) is 9.43. The van der Waals surface area contributed by atoms with E-state index in [2.05, 4.69) is 33.8 Å². The van der Waals surface area contributed by atoms with E-state index in [1.54, 1.807) is 0 Å². The molecular weight excluding hydrogens is 127 g/mol. The Labute approximate surface area is 60.4 Å². The second kappa shape index (κ2) is 3.56. The van der Waals surface area contributed by atoms with E-state index in [1.807, 2.05) is 0 Å². The van der Waals surface area contributed by atoms with E-state index in [1.165, 1.54) is 12.8 Å². The minimum absolute atomic E-state index is 0.523. The molecule has 0 radical (unpaired) electrons. The summed E-state index contributed by atoms with van der Waals surface area (Å²) in [6, 6.07) is 0. The highest BCUT2D eigenvalue weighted by Crippen LogP contribution is 2.53. The van der Waals surface area contributed by atoms with Gasteiger partial charge in [-0.25, -0.2) is 0 Å². The summed E-state index contributed by atoms with van der Waals surface area (Å²) in [6.45, 7) is 11.9. The maximum atomic E-state index is 2.42. The van der Waals surface area contributed by atoms with Crippen LogP contribution in [0.3, 0.4) is 0 Å². The van der Waals surface area contributed by atoms with E-state index in [0.717, 1.165) is 5.66 Å². The van der Waals surface area contributed by atoms with Crippen LogP contribution in [0.5, 0.6) is 0 Å². The first-order chi connectivity index (χ1) is 3.98. The van der Waals surface area contributed by atoms with Gasteiger partial charge in [-0.2, -0.15) is 0 Å². The molecule has 0 bridgehead atoms. The summed E-state index contributed by atoms with van der Waals surface area (Å²) in [5.41, 5.74) is 0.975. The van der Waals surface area contributed by atoms with Gasteiger partial charge in [-0.1, -0.05) is 13.3 Å². The van der Waals surface area contributed by atoms with E-state index < -0.39 is 7.26 Å². The van der Waals surface area contributed by atoms with Crippen LogP contribution in [0.15, 0.2) is 0 Å². The van der Waals surface area contributed by atoms with Crippen molar-refractivity contribution in [2.24, 2.45) is 0 Å². The van der Waals surface area contributed by atoms with Gasteiger partial charge < -0.3 is 0 Å². The minimum Gasteiger partial charge on any atom is -0.0652 e. The SMILES string of the molecule is CCCC(C)[P+](C)(C)C. The van der Waals surface area contributed by atoms with Crippen LogP contribution in [-0.4, -0.2) is 25.7 Å². The third-order valence-corrected chi connectivity index (χ3v) is 4.93. The average Bonchev–Trinajstić information content (AvgIpc) is 1.64. The molecule has 1 unspecified atom stereocenters. The lowest BCUT2D eigenvalue weighted by atomic mass is 10.3. The van der Waals surface area contributed by atoms with E-state index >= 15 is 0 Å². The van der Waals surface area contributed by atoms with Crippen molar-refractivity contribution in [3.8, 4) is 0 Å². The van der Waals surface area contributed by atoms with Crippen LogP contribution in [0.25, 0.3) is 0 Å². The highest BCUT2D eigenvalue weighted by molar-refractivity contribution is 7.74. The van der Waals surface area contributed by atoms with Crippen LogP contribution < -0.4 is 0 Å². The second-order valence-electron chi connectivity index (χ2n) is 3.75. The van der Waals surface area contributed by atoms with Crippen molar-refractivity contribution in [3.05, 3.63) is 0 Å². The Morgan fingerprint density at radius 1 is 1.22 bits per heavy atom. The fourth-order valence-electron chi connectivity index (χ4n) is 0.805. The zero-order chi connectivity index (χ0) is 7.49. The van der Waals surface area contributed by atoms with Crippen molar-refractivity contribution in [1.29, 1.82) is 0 Å². The van der Waals surface area contributed by atoms with Gasteiger partial charge in [0.15, 0.2) is 0 Å². The van der Waals surface area contributed by atoms with E-state index in [9.17, 15) is 0 Å². The topological polar surface area (TPSA) is 0 Å². The highest BCUT2D eigenvalue weighted by atomic mass is 31.2. The Morgan fingerprint density at radius 2 is 1.67 bits per heavy atom. The normalized spacial score (nSPS) is 15.7. The lowest BCUT2D eigenvalue weighted by Gasteiger charge is -2.19. The van der Waals surface area contributed by atoms with Crippen LogP contribution >= 0.6 is 7.26 Å². The minimum atomic E-state index is -0.523. The highest BCUT2D eigenvalue weighted by Gasteiger charge is 2.25. The van der Waals surface area contributed by atoms with E-state index in [-0.39, 0.29) is 0 Å². The van der Waals surface area contributed by atoms with Crippen molar-refractivity contribution >= 4 is 7.26 Å². The van der Waals surface area contributed by atoms with Gasteiger partial charge in [0.25, 0.3) is 0 Å². The van der Waals surface area contributed by atoms with E-state index in [4.69, 9.17) is 0 Å². The fourth-order valence-corrected chi connectivity index (χ4v) is 1.84. The molecule has 0 N–H and O–H groups in total. The summed E-state index contributed by atoms with van der Waals surface area (Å²) >= 11 is 0. The molecule has 0 aliphatic heterocycles. The van der Waals surface area contributed by atoms with Gasteiger partial charge >= 0.3 is 0 Å². The molecule has 0 amide bonds. The van der Waals surface area contributed by atoms with Gasteiger partial charge in [-0.05, 0) is 13.3 Å². The summed E-state index contributed by atoms with van der Waals surface area (Å²) < 4.78 is 0. The maximum absolute atomic E-state index is 2.42. The summed E-state index contributed by atoms with van der Waals surface area (Å²) in [5, 5.41) is 0. The third-order valence-electron chi connectivity index (χ3n) is 2.03. The fraction of sp³-hybridized carbons (Fsp3) is 1.00. The Hall–Kier alpha value is 0.430. The first-order valence-electron chi connectivity index (χ1n) is 3.79. The molecule has 1 atom stereocenters. The molecular formula is C8H20P+. The molecule has 0 aliphatic carbocycles. The second-order valence-corrected chi connectivity index (χ2v) is 8.87. The van der Waals surface area contributed by atoms with Crippen LogP contribution in [0.1, 0.15) is 26.7 Å². The van der Waals surface area contributed by atoms with Gasteiger partial charge in [0, 0.05) is 27.3 Å². The molecule has 0 saturated heterocycles. The molecule has 9 heavy (non-hydrogen) atoms. The van der Waals surface area contributed by atoms with Gasteiger partial charge in [-0.3, -0.25) is 0 Å². The van der Waals surface area contributed by atoms with Gasteiger partial charge in [0.2, 0.25) is 0 Å². The summed E-state index contributed by atoms with van der Waals surface area (Å²) in [7, 11) is -0.523. The van der Waals surface area contributed by atoms with Crippen molar-refractivity contribution in [3.63, 3.8) is 0 Å². The molecule has 56 valence electrons. The monoisotopic (exact) mass is 147 g/mol. The number of rotatable bonds is 3. The summed E-state index contributed by atoms with van der Waals surface area (Å²) in [5.74, 6) is 0. The van der Waals surface area contributed by atoms with Gasteiger partial charge in [0.1, 0.15) is 0 Å². The van der Waals surface area contributed by atoms with Crippen molar-refractivity contribution < 1.29 is 0 Å². The van der Waals surface area contributed by atoms with Gasteiger partial charge in [-0.15, -0.1) is 0 Å². The van der Waals surface area contributed by atoms with Crippen molar-refractivity contribution in [2.75, 3.05) is 20.0 Å². The largest absolute Gasteiger partial charge is 0.0661 e. The van der Waals surface area contributed by atoms with Crippen LogP contribution in [0.4, 0.5) is 0 Å². The first-order valence-corrected chi connectivity index (χ1v) is 6.99. The van der Waals surface area contributed by atoms with Crippen molar-refractivity contribution in [1.82, 2.24) is 0 Å². The summed E-state index contributed by atoms with van der Waals surface area (Å²) in [4.78, 5) is 0. The van der Waals surface area contributed by atoms with Crippen LogP contribution in [-0.2, 0) is 0 Å². The molecule has 0 spiro atoms. The molecule has 0 aromatic carbocycles. The third kappa shape index (κ3) is 3.92. The molecule has 0 aromatic rings. The van der Waals surface area contributed by atoms with E-state index in [0.29, 0.717) is 0 Å². The average molecular weight is 147 g/mol. The molecule has 0 nitrogen and oxygen atoms in total. The summed E-state index contributed by atoms with van der Waals surface area (Å²) in [6.07, 6.45) is 2.76. The molecule has 0 rings (SSSR count).